The van der Waals surface area contributed by atoms with Crippen molar-refractivity contribution in [2.45, 2.75) is 0 Å². The summed E-state index contributed by atoms with van der Waals surface area (Å²) in [4.78, 5) is 16.2. The number of carbonyl (C=O) groups is 1. The molecular formula is C13H7F2N3O. The molecule has 0 aliphatic carbocycles. The summed E-state index contributed by atoms with van der Waals surface area (Å²) in [5.41, 5.74) is 0.524. The molecule has 6 heteroatoms. The topological polar surface area (TPSA) is 47.3 Å². The Balaban J connectivity index is 2.16. The molecule has 0 fully saturated rings. The summed E-state index contributed by atoms with van der Waals surface area (Å²) in [6.45, 7) is 0. The van der Waals surface area contributed by atoms with Gasteiger partial charge in [0, 0.05) is 17.8 Å². The van der Waals surface area contributed by atoms with Gasteiger partial charge in [-0.05, 0) is 24.3 Å². The minimum Gasteiger partial charge on any atom is -0.288 e. The number of ketones is 1. The fraction of sp³-hybridized carbons (Fsp3) is 0. The Labute approximate surface area is 106 Å². The molecule has 0 unspecified atom stereocenters. The van der Waals surface area contributed by atoms with Crippen LogP contribution in [0.4, 0.5) is 8.78 Å². The minimum atomic E-state index is -0.795. The summed E-state index contributed by atoms with van der Waals surface area (Å²) >= 11 is 0. The normalized spacial score (nSPS) is 10.8. The maximum atomic E-state index is 13.1. The van der Waals surface area contributed by atoms with Gasteiger partial charge in [-0.25, -0.2) is 18.3 Å². The molecule has 0 amide bonds. The molecule has 0 spiro atoms. The van der Waals surface area contributed by atoms with Crippen LogP contribution in [-0.2, 0) is 0 Å². The highest BCUT2D eigenvalue weighted by molar-refractivity contribution is 6.12. The van der Waals surface area contributed by atoms with Gasteiger partial charge in [0.15, 0.2) is 11.4 Å². The van der Waals surface area contributed by atoms with E-state index in [0.29, 0.717) is 11.7 Å². The Bertz CT molecular complexity index is 762. The van der Waals surface area contributed by atoms with Crippen molar-refractivity contribution in [3.8, 4) is 0 Å². The van der Waals surface area contributed by atoms with Crippen molar-refractivity contribution in [3.05, 3.63) is 65.6 Å². The first kappa shape index (κ1) is 11.5. The molecule has 0 N–H and O–H groups in total. The number of hydrogen-bond donors (Lipinski definition) is 0. The van der Waals surface area contributed by atoms with E-state index in [1.165, 1.54) is 16.9 Å². The van der Waals surface area contributed by atoms with Crippen LogP contribution >= 0.6 is 0 Å². The molecule has 0 aliphatic rings. The van der Waals surface area contributed by atoms with Crippen LogP contribution in [0.15, 0.2) is 42.9 Å². The van der Waals surface area contributed by atoms with Crippen molar-refractivity contribution in [2.24, 2.45) is 0 Å². The third-order valence-electron chi connectivity index (χ3n) is 2.67. The first-order valence-corrected chi connectivity index (χ1v) is 5.44. The lowest BCUT2D eigenvalue weighted by Crippen LogP contribution is -2.05. The molecular weight excluding hydrogens is 252 g/mol. The molecule has 3 aromatic rings. The van der Waals surface area contributed by atoms with E-state index in [1.54, 1.807) is 12.3 Å². The van der Waals surface area contributed by atoms with Gasteiger partial charge in [0.05, 0.1) is 5.56 Å². The lowest BCUT2D eigenvalue weighted by molar-refractivity contribution is 0.103. The van der Waals surface area contributed by atoms with Gasteiger partial charge in [-0.2, -0.15) is 5.10 Å². The van der Waals surface area contributed by atoms with E-state index in [-0.39, 0.29) is 11.1 Å². The van der Waals surface area contributed by atoms with Crippen LogP contribution in [0.5, 0.6) is 0 Å². The highest BCUT2D eigenvalue weighted by Crippen LogP contribution is 2.16. The molecule has 2 heterocycles. The molecule has 0 bridgehead atoms. The Kier molecular flexibility index (Phi) is 2.56. The van der Waals surface area contributed by atoms with E-state index in [2.05, 4.69) is 10.1 Å². The molecule has 0 saturated carbocycles. The van der Waals surface area contributed by atoms with Crippen LogP contribution < -0.4 is 0 Å². The van der Waals surface area contributed by atoms with Crippen LogP contribution in [0, 0.1) is 11.6 Å². The van der Waals surface area contributed by atoms with E-state index < -0.39 is 17.4 Å². The first-order chi connectivity index (χ1) is 9.15. The monoisotopic (exact) mass is 259 g/mol. The summed E-state index contributed by atoms with van der Waals surface area (Å²) in [6, 6.07) is 5.85. The molecule has 0 atom stereocenters. The second kappa shape index (κ2) is 4.24. The fourth-order valence-electron chi connectivity index (χ4n) is 1.87. The molecule has 1 aromatic carbocycles. The lowest BCUT2D eigenvalue weighted by Gasteiger charge is -2.03. The summed E-state index contributed by atoms with van der Waals surface area (Å²) in [7, 11) is 0. The maximum Gasteiger partial charge on any atom is 0.197 e. The number of hydrogen-bond acceptors (Lipinski definition) is 3. The fourth-order valence-corrected chi connectivity index (χ4v) is 1.87. The van der Waals surface area contributed by atoms with E-state index in [1.807, 2.05) is 0 Å². The Morgan fingerprint density at radius 2 is 1.89 bits per heavy atom. The average molecular weight is 259 g/mol. The van der Waals surface area contributed by atoms with Gasteiger partial charge in [0.2, 0.25) is 0 Å². The molecule has 2 aromatic heterocycles. The second-order valence-corrected chi connectivity index (χ2v) is 3.94. The second-order valence-electron chi connectivity index (χ2n) is 3.94. The van der Waals surface area contributed by atoms with E-state index >= 15 is 0 Å². The summed E-state index contributed by atoms with van der Waals surface area (Å²) in [5, 5.41) is 3.90. The number of nitrogens with zero attached hydrogens (tertiary/aromatic N) is 3. The van der Waals surface area contributed by atoms with Gasteiger partial charge in [-0.1, -0.05) is 0 Å². The SMILES string of the molecule is O=C(c1cc(F)cc(F)c1)c1cccn2ncnc12. The number of pyridine rings is 1. The zero-order valence-electron chi connectivity index (χ0n) is 9.55. The molecule has 94 valence electrons. The highest BCUT2D eigenvalue weighted by Gasteiger charge is 2.15. The minimum absolute atomic E-state index is 0.0615. The van der Waals surface area contributed by atoms with Gasteiger partial charge in [-0.15, -0.1) is 0 Å². The lowest BCUT2D eigenvalue weighted by atomic mass is 10.0. The van der Waals surface area contributed by atoms with Crippen LogP contribution in [0.1, 0.15) is 15.9 Å². The van der Waals surface area contributed by atoms with E-state index in [0.717, 1.165) is 12.1 Å². The van der Waals surface area contributed by atoms with Crippen molar-refractivity contribution < 1.29 is 13.6 Å². The summed E-state index contributed by atoms with van der Waals surface area (Å²) < 4.78 is 27.7. The Morgan fingerprint density at radius 1 is 1.16 bits per heavy atom. The number of halogens is 2. The number of rotatable bonds is 2. The van der Waals surface area contributed by atoms with E-state index in [4.69, 9.17) is 0 Å². The predicted molar refractivity (Wildman–Crippen MR) is 62.8 cm³/mol. The maximum absolute atomic E-state index is 13.1. The summed E-state index contributed by atoms with van der Waals surface area (Å²) in [5.74, 6) is -2.09. The number of benzene rings is 1. The highest BCUT2D eigenvalue weighted by atomic mass is 19.1. The van der Waals surface area contributed by atoms with Crippen molar-refractivity contribution in [3.63, 3.8) is 0 Å². The standard InChI is InChI=1S/C13H7F2N3O/c14-9-4-8(5-10(15)6-9)12(19)11-2-1-3-18-13(11)16-7-17-18/h1-7H. The van der Waals surface area contributed by atoms with Gasteiger partial charge in [0.1, 0.15) is 18.0 Å². The van der Waals surface area contributed by atoms with Gasteiger partial charge in [0.25, 0.3) is 0 Å². The van der Waals surface area contributed by atoms with Crippen molar-refractivity contribution in [2.75, 3.05) is 0 Å². The van der Waals surface area contributed by atoms with Gasteiger partial charge < -0.3 is 0 Å². The summed E-state index contributed by atoms with van der Waals surface area (Å²) in [6.07, 6.45) is 2.93. The zero-order valence-corrected chi connectivity index (χ0v) is 9.55. The van der Waals surface area contributed by atoms with Crippen LogP contribution in [0.3, 0.4) is 0 Å². The Morgan fingerprint density at radius 3 is 2.63 bits per heavy atom. The number of aromatic nitrogens is 3. The molecule has 0 aliphatic heterocycles. The molecule has 0 radical (unpaired) electrons. The third kappa shape index (κ3) is 1.97. The van der Waals surface area contributed by atoms with Gasteiger partial charge >= 0.3 is 0 Å². The third-order valence-corrected chi connectivity index (χ3v) is 2.67. The van der Waals surface area contributed by atoms with Crippen molar-refractivity contribution >= 4 is 11.4 Å². The molecule has 4 nitrogen and oxygen atoms in total. The molecule has 0 saturated heterocycles. The Hall–Kier alpha value is -2.63. The number of carbonyl (C=O) groups excluding carboxylic acids is 1. The van der Waals surface area contributed by atoms with Crippen LogP contribution in [0.2, 0.25) is 0 Å². The largest absolute Gasteiger partial charge is 0.288 e. The van der Waals surface area contributed by atoms with Crippen molar-refractivity contribution in [1.29, 1.82) is 0 Å². The zero-order chi connectivity index (χ0) is 13.4. The van der Waals surface area contributed by atoms with Crippen molar-refractivity contribution in [1.82, 2.24) is 14.6 Å². The van der Waals surface area contributed by atoms with Gasteiger partial charge in [-0.3, -0.25) is 4.79 Å². The van der Waals surface area contributed by atoms with Crippen LogP contribution in [-0.4, -0.2) is 20.4 Å². The van der Waals surface area contributed by atoms with E-state index in [9.17, 15) is 13.6 Å². The number of fused-ring (bicyclic) bond motifs is 1. The predicted octanol–water partition coefficient (Wildman–Crippen LogP) is 2.24. The molecule has 19 heavy (non-hydrogen) atoms. The molecule has 3 rings (SSSR count). The first-order valence-electron chi connectivity index (χ1n) is 5.44. The van der Waals surface area contributed by atoms with Crippen LogP contribution in [0.25, 0.3) is 5.65 Å². The smallest absolute Gasteiger partial charge is 0.197 e. The average Bonchev–Trinajstić information content (AvgIpc) is 2.84. The quantitative estimate of drug-likeness (QED) is 0.663.